The van der Waals surface area contributed by atoms with Crippen LogP contribution in [0.5, 0.6) is 0 Å². The van der Waals surface area contributed by atoms with Gasteiger partial charge in [0.25, 0.3) is 0 Å². The molecule has 1 unspecified atom stereocenters. The zero-order valence-electron chi connectivity index (χ0n) is 10.6. The first kappa shape index (κ1) is 14.0. The van der Waals surface area contributed by atoms with E-state index in [1.165, 1.54) is 0 Å². The Morgan fingerprint density at radius 3 is 2.67 bits per heavy atom. The Bertz CT molecular complexity index is 434. The number of carbonyl (C=O) groups is 1. The Morgan fingerprint density at radius 1 is 1.50 bits per heavy atom. The molecular weight excluding hydrogens is 232 g/mol. The normalized spacial score (nSPS) is 11.7. The number of aliphatic carboxylic acids is 1. The van der Waals surface area contributed by atoms with Crippen molar-refractivity contribution in [1.29, 1.82) is 0 Å². The van der Waals surface area contributed by atoms with Crippen molar-refractivity contribution in [3.63, 3.8) is 0 Å². The van der Waals surface area contributed by atoms with E-state index in [1.807, 2.05) is 0 Å². The van der Waals surface area contributed by atoms with Crippen LogP contribution in [-0.4, -0.2) is 34.1 Å². The minimum absolute atomic E-state index is 0.326. The van der Waals surface area contributed by atoms with E-state index in [9.17, 15) is 4.79 Å². The van der Waals surface area contributed by atoms with Crippen molar-refractivity contribution >= 4 is 17.6 Å². The van der Waals surface area contributed by atoms with Gasteiger partial charge in [-0.25, -0.2) is 9.97 Å². The lowest BCUT2D eigenvalue weighted by Gasteiger charge is -2.11. The van der Waals surface area contributed by atoms with Gasteiger partial charge in [0.2, 0.25) is 0 Å². The van der Waals surface area contributed by atoms with Crippen LogP contribution in [-0.2, 0) is 4.79 Å². The van der Waals surface area contributed by atoms with Crippen molar-refractivity contribution in [2.24, 2.45) is 5.92 Å². The molecule has 0 saturated carbocycles. The lowest BCUT2D eigenvalue weighted by Crippen LogP contribution is -2.20. The van der Waals surface area contributed by atoms with Gasteiger partial charge in [0.1, 0.15) is 17.5 Å². The highest BCUT2D eigenvalue weighted by molar-refractivity contribution is 5.70. The molecule has 1 aromatic rings. The zero-order valence-corrected chi connectivity index (χ0v) is 10.6. The molecule has 0 spiro atoms. The molecule has 0 radical (unpaired) electrons. The zero-order chi connectivity index (χ0) is 13.5. The minimum atomic E-state index is -0.835. The van der Waals surface area contributed by atoms with Crippen molar-refractivity contribution in [3.8, 4) is 0 Å². The van der Waals surface area contributed by atoms with E-state index in [2.05, 4.69) is 27.2 Å². The lowest BCUT2D eigenvalue weighted by atomic mass is 10.2. The molecule has 98 valence electrons. The molecule has 3 N–H and O–H groups in total. The van der Waals surface area contributed by atoms with Gasteiger partial charge in [-0.15, -0.1) is 6.58 Å². The summed E-state index contributed by atoms with van der Waals surface area (Å²) in [7, 11) is 0. The molecule has 6 nitrogen and oxygen atoms in total. The first-order chi connectivity index (χ1) is 8.52. The van der Waals surface area contributed by atoms with Gasteiger partial charge in [-0.1, -0.05) is 13.0 Å². The predicted octanol–water partition coefficient (Wildman–Crippen LogP) is 1.52. The molecule has 0 saturated heterocycles. The third kappa shape index (κ3) is 4.40. The molecule has 0 aliphatic heterocycles. The summed E-state index contributed by atoms with van der Waals surface area (Å²) < 4.78 is 0. The highest BCUT2D eigenvalue weighted by Gasteiger charge is 2.10. The van der Waals surface area contributed by atoms with Gasteiger partial charge >= 0.3 is 5.97 Å². The van der Waals surface area contributed by atoms with Gasteiger partial charge in [0.05, 0.1) is 5.92 Å². The van der Waals surface area contributed by atoms with E-state index in [1.54, 1.807) is 26.0 Å². The van der Waals surface area contributed by atoms with Crippen molar-refractivity contribution in [3.05, 3.63) is 24.5 Å². The second kappa shape index (κ2) is 6.58. The van der Waals surface area contributed by atoms with Crippen LogP contribution in [0.4, 0.5) is 11.6 Å². The smallest absolute Gasteiger partial charge is 0.308 e. The minimum Gasteiger partial charge on any atom is -0.481 e. The van der Waals surface area contributed by atoms with Crippen LogP contribution in [0, 0.1) is 12.8 Å². The van der Waals surface area contributed by atoms with Crippen LogP contribution >= 0.6 is 0 Å². The molecule has 0 bridgehead atoms. The summed E-state index contributed by atoms with van der Waals surface area (Å²) in [4.78, 5) is 19.1. The quantitative estimate of drug-likeness (QED) is 0.636. The van der Waals surface area contributed by atoms with Crippen LogP contribution in [0.2, 0.25) is 0 Å². The second-order valence-electron chi connectivity index (χ2n) is 3.98. The van der Waals surface area contributed by atoms with Crippen molar-refractivity contribution in [2.75, 3.05) is 23.7 Å². The second-order valence-corrected chi connectivity index (χ2v) is 3.98. The van der Waals surface area contributed by atoms with Gasteiger partial charge in [-0.2, -0.15) is 0 Å². The Hall–Kier alpha value is -2.11. The van der Waals surface area contributed by atoms with E-state index in [4.69, 9.17) is 5.11 Å². The maximum Gasteiger partial charge on any atom is 0.308 e. The van der Waals surface area contributed by atoms with E-state index in [-0.39, 0.29) is 0 Å². The van der Waals surface area contributed by atoms with Crippen LogP contribution in [0.3, 0.4) is 0 Å². The molecule has 6 heteroatoms. The highest BCUT2D eigenvalue weighted by Crippen LogP contribution is 2.11. The Balaban J connectivity index is 2.67. The maximum atomic E-state index is 10.7. The molecule has 0 amide bonds. The first-order valence-electron chi connectivity index (χ1n) is 5.70. The molecule has 1 aromatic heterocycles. The number of carboxylic acid groups (broad SMARTS) is 1. The predicted molar refractivity (Wildman–Crippen MR) is 70.7 cm³/mol. The van der Waals surface area contributed by atoms with Gasteiger partial charge in [-0.3, -0.25) is 4.79 Å². The number of carboxylic acids is 1. The summed E-state index contributed by atoms with van der Waals surface area (Å²) >= 11 is 0. The van der Waals surface area contributed by atoms with E-state index < -0.39 is 11.9 Å². The van der Waals surface area contributed by atoms with Crippen LogP contribution in [0.15, 0.2) is 18.7 Å². The Morgan fingerprint density at radius 2 is 2.11 bits per heavy atom. The summed E-state index contributed by atoms with van der Waals surface area (Å²) in [5, 5.41) is 14.8. The highest BCUT2D eigenvalue weighted by atomic mass is 16.4. The van der Waals surface area contributed by atoms with Gasteiger partial charge < -0.3 is 15.7 Å². The number of nitrogens with zero attached hydrogens (tertiary/aromatic N) is 2. The number of hydrogen-bond donors (Lipinski definition) is 3. The first-order valence-corrected chi connectivity index (χ1v) is 5.70. The molecule has 0 aliphatic carbocycles. The van der Waals surface area contributed by atoms with Crippen LogP contribution in [0.1, 0.15) is 12.7 Å². The fourth-order valence-electron chi connectivity index (χ4n) is 1.27. The third-order valence-corrected chi connectivity index (χ3v) is 2.28. The molecule has 1 heterocycles. The number of hydrogen-bond acceptors (Lipinski definition) is 5. The van der Waals surface area contributed by atoms with E-state index in [0.717, 1.165) is 0 Å². The summed E-state index contributed by atoms with van der Waals surface area (Å²) in [5.74, 6) is 0.618. The van der Waals surface area contributed by atoms with Crippen LogP contribution < -0.4 is 10.6 Å². The standard InChI is InChI=1S/C12H18N4O2/c1-4-5-13-10-6-11(16-9(3)15-10)14-7-8(2)12(17)18/h4,6,8H,1,5,7H2,2-3H3,(H,17,18)(H2,13,14,15,16). The number of rotatable bonds is 7. The largest absolute Gasteiger partial charge is 0.481 e. The molecule has 1 atom stereocenters. The summed E-state index contributed by atoms with van der Waals surface area (Å²) in [6.07, 6.45) is 1.73. The van der Waals surface area contributed by atoms with E-state index in [0.29, 0.717) is 30.5 Å². The molecule has 0 aromatic carbocycles. The van der Waals surface area contributed by atoms with Gasteiger partial charge in [0, 0.05) is 19.2 Å². The molecular formula is C12H18N4O2. The molecule has 18 heavy (non-hydrogen) atoms. The topological polar surface area (TPSA) is 87.1 Å². The number of nitrogens with one attached hydrogen (secondary N) is 2. The Kier molecular flexibility index (Phi) is 5.10. The average Bonchev–Trinajstić information content (AvgIpc) is 2.32. The number of anilines is 2. The molecule has 1 rings (SSSR count). The summed E-state index contributed by atoms with van der Waals surface area (Å²) in [6.45, 7) is 7.97. The third-order valence-electron chi connectivity index (χ3n) is 2.28. The lowest BCUT2D eigenvalue weighted by molar-refractivity contribution is -0.140. The van der Waals surface area contributed by atoms with Gasteiger partial charge in [-0.05, 0) is 6.92 Å². The summed E-state index contributed by atoms with van der Waals surface area (Å²) in [6, 6.07) is 1.74. The van der Waals surface area contributed by atoms with E-state index >= 15 is 0 Å². The van der Waals surface area contributed by atoms with Gasteiger partial charge in [0.15, 0.2) is 0 Å². The summed E-state index contributed by atoms with van der Waals surface area (Å²) in [5.41, 5.74) is 0. The van der Waals surface area contributed by atoms with Crippen molar-refractivity contribution < 1.29 is 9.90 Å². The average molecular weight is 250 g/mol. The SMILES string of the molecule is C=CCNc1cc(NCC(C)C(=O)O)nc(C)n1. The monoisotopic (exact) mass is 250 g/mol. The fraction of sp³-hybridized carbons (Fsp3) is 0.417. The van der Waals surface area contributed by atoms with Crippen molar-refractivity contribution in [1.82, 2.24) is 9.97 Å². The van der Waals surface area contributed by atoms with Crippen molar-refractivity contribution in [2.45, 2.75) is 13.8 Å². The fourth-order valence-corrected chi connectivity index (χ4v) is 1.27. The molecule has 0 fully saturated rings. The number of aromatic nitrogens is 2. The maximum absolute atomic E-state index is 10.7. The van der Waals surface area contributed by atoms with Crippen LogP contribution in [0.25, 0.3) is 0 Å². The molecule has 0 aliphatic rings. The number of aryl methyl sites for hydroxylation is 1. The Labute approximate surface area is 106 Å².